The second-order valence-electron chi connectivity index (χ2n) is 3.55. The van der Waals surface area contributed by atoms with Crippen molar-refractivity contribution in [3.63, 3.8) is 0 Å². The lowest BCUT2D eigenvalue weighted by Gasteiger charge is -2.04. The van der Waals surface area contributed by atoms with Gasteiger partial charge in [-0.2, -0.15) is 0 Å². The highest BCUT2D eigenvalue weighted by molar-refractivity contribution is 7.92. The van der Waals surface area contributed by atoms with Gasteiger partial charge >= 0.3 is 0 Å². The monoisotopic (exact) mass is 222 g/mol. The van der Waals surface area contributed by atoms with Gasteiger partial charge in [0.05, 0.1) is 4.99 Å². The van der Waals surface area contributed by atoms with Gasteiger partial charge in [0.1, 0.15) is 5.75 Å². The summed E-state index contributed by atoms with van der Waals surface area (Å²) in [5.74, 6) is 0.900. The fraction of sp³-hybridized carbons (Fsp3) is 0.857. The molecule has 0 heterocycles. The Labute approximate surface area is 83.9 Å². The zero-order valence-corrected chi connectivity index (χ0v) is 9.12. The van der Waals surface area contributed by atoms with Gasteiger partial charge in [0, 0.05) is 6.54 Å². The first-order chi connectivity index (χ1) is 5.91. The molecule has 2 unspecified atom stereocenters. The van der Waals surface area contributed by atoms with E-state index in [1.165, 1.54) is 0 Å². The molecule has 0 radical (unpaired) electrons. The van der Waals surface area contributed by atoms with Crippen LogP contribution in [0.1, 0.15) is 13.3 Å². The van der Waals surface area contributed by atoms with Crippen LogP contribution in [0.15, 0.2) is 0 Å². The number of nitrogens with two attached hydrogens (primary N) is 1. The Kier molecular flexibility index (Phi) is 3.26. The van der Waals surface area contributed by atoms with Gasteiger partial charge < -0.3 is 5.73 Å². The maximum atomic E-state index is 11.2. The minimum absolute atomic E-state index is 0.0105. The standard InChI is InChI=1S/C7H14N2O2S2/c1-5-2-6(5)3-9-13(10,11)4-7(8)12/h5-6,9H,2-4H2,1H3,(H2,8,12). The lowest BCUT2D eigenvalue weighted by atomic mass is 10.3. The van der Waals surface area contributed by atoms with Crippen molar-refractivity contribution < 1.29 is 8.42 Å². The fourth-order valence-corrected chi connectivity index (χ4v) is 2.57. The van der Waals surface area contributed by atoms with Gasteiger partial charge in [-0.15, -0.1) is 0 Å². The zero-order chi connectivity index (χ0) is 10.1. The van der Waals surface area contributed by atoms with Gasteiger partial charge in [0.25, 0.3) is 0 Å². The molecule has 13 heavy (non-hydrogen) atoms. The Balaban J connectivity index is 2.30. The van der Waals surface area contributed by atoms with Crippen molar-refractivity contribution in [3.8, 4) is 0 Å². The number of hydrogen-bond acceptors (Lipinski definition) is 3. The summed E-state index contributed by atoms with van der Waals surface area (Å²) in [7, 11) is -3.28. The molecule has 1 aliphatic rings. The smallest absolute Gasteiger partial charge is 0.218 e. The van der Waals surface area contributed by atoms with Gasteiger partial charge in [-0.25, -0.2) is 13.1 Å². The molecule has 0 aromatic carbocycles. The maximum Gasteiger partial charge on any atom is 0.218 e. The van der Waals surface area contributed by atoms with Gasteiger partial charge in [0.2, 0.25) is 10.0 Å². The Bertz CT molecular complexity index is 300. The molecule has 1 aliphatic carbocycles. The molecule has 0 aromatic heterocycles. The van der Waals surface area contributed by atoms with Crippen LogP contribution in [-0.2, 0) is 10.0 Å². The van der Waals surface area contributed by atoms with Crippen LogP contribution in [0, 0.1) is 11.8 Å². The third-order valence-electron chi connectivity index (χ3n) is 2.17. The predicted molar refractivity (Wildman–Crippen MR) is 55.8 cm³/mol. The largest absolute Gasteiger partial charge is 0.392 e. The van der Waals surface area contributed by atoms with E-state index in [-0.39, 0.29) is 10.7 Å². The van der Waals surface area contributed by atoms with Crippen LogP contribution in [0.4, 0.5) is 0 Å². The van der Waals surface area contributed by atoms with E-state index in [4.69, 9.17) is 5.73 Å². The third-order valence-corrected chi connectivity index (χ3v) is 3.80. The SMILES string of the molecule is CC1CC1CNS(=O)(=O)CC(N)=S. The van der Waals surface area contributed by atoms with Crippen molar-refractivity contribution in [2.45, 2.75) is 13.3 Å². The van der Waals surface area contributed by atoms with E-state index >= 15 is 0 Å². The number of thiocarbonyl (C=S) groups is 1. The molecule has 0 aromatic rings. The van der Waals surface area contributed by atoms with Crippen LogP contribution in [0.3, 0.4) is 0 Å². The quantitative estimate of drug-likeness (QED) is 0.634. The van der Waals surface area contributed by atoms with E-state index in [0.29, 0.717) is 18.4 Å². The molecule has 0 amide bonds. The van der Waals surface area contributed by atoms with E-state index < -0.39 is 10.0 Å². The first-order valence-corrected chi connectivity index (χ1v) is 6.22. The van der Waals surface area contributed by atoms with Crippen LogP contribution in [0.2, 0.25) is 0 Å². The molecule has 3 N–H and O–H groups in total. The highest BCUT2D eigenvalue weighted by Crippen LogP contribution is 2.36. The zero-order valence-electron chi connectivity index (χ0n) is 7.49. The van der Waals surface area contributed by atoms with Crippen molar-refractivity contribution in [1.29, 1.82) is 0 Å². The molecule has 0 spiro atoms. The molecule has 1 saturated carbocycles. The summed E-state index contributed by atoms with van der Waals surface area (Å²) >= 11 is 4.52. The highest BCUT2D eigenvalue weighted by Gasteiger charge is 2.33. The second kappa shape index (κ2) is 3.89. The van der Waals surface area contributed by atoms with Crippen molar-refractivity contribution >= 4 is 27.2 Å². The molecule has 2 atom stereocenters. The van der Waals surface area contributed by atoms with Crippen LogP contribution < -0.4 is 10.5 Å². The van der Waals surface area contributed by atoms with Crippen molar-refractivity contribution in [2.75, 3.05) is 12.3 Å². The van der Waals surface area contributed by atoms with Crippen molar-refractivity contribution in [3.05, 3.63) is 0 Å². The second-order valence-corrected chi connectivity index (χ2v) is 5.88. The minimum atomic E-state index is -3.28. The molecule has 0 saturated heterocycles. The Morgan fingerprint density at radius 3 is 2.62 bits per heavy atom. The van der Waals surface area contributed by atoms with Crippen LogP contribution in [0.25, 0.3) is 0 Å². The number of hydrogen-bond donors (Lipinski definition) is 2. The number of nitrogens with one attached hydrogen (secondary N) is 1. The van der Waals surface area contributed by atoms with E-state index in [2.05, 4.69) is 23.9 Å². The Morgan fingerprint density at radius 1 is 1.69 bits per heavy atom. The van der Waals surface area contributed by atoms with Crippen molar-refractivity contribution in [2.24, 2.45) is 17.6 Å². The third kappa shape index (κ3) is 4.02. The lowest BCUT2D eigenvalue weighted by molar-refractivity contribution is 0.578. The summed E-state index contributed by atoms with van der Waals surface area (Å²) in [5.41, 5.74) is 5.14. The Morgan fingerprint density at radius 2 is 2.23 bits per heavy atom. The molecule has 4 nitrogen and oxygen atoms in total. The van der Waals surface area contributed by atoms with E-state index in [9.17, 15) is 8.42 Å². The minimum Gasteiger partial charge on any atom is -0.392 e. The van der Waals surface area contributed by atoms with Gasteiger partial charge in [-0.1, -0.05) is 19.1 Å². The van der Waals surface area contributed by atoms with E-state index in [1.54, 1.807) is 0 Å². The average Bonchev–Trinajstić information content (AvgIpc) is 2.60. The van der Waals surface area contributed by atoms with Crippen LogP contribution in [0.5, 0.6) is 0 Å². The first-order valence-electron chi connectivity index (χ1n) is 4.16. The highest BCUT2D eigenvalue weighted by atomic mass is 32.2. The summed E-state index contributed by atoms with van der Waals surface area (Å²) in [6.07, 6.45) is 1.11. The van der Waals surface area contributed by atoms with Gasteiger partial charge in [0.15, 0.2) is 0 Å². The molecule has 1 rings (SSSR count). The lowest BCUT2D eigenvalue weighted by Crippen LogP contribution is -2.33. The summed E-state index contributed by atoms with van der Waals surface area (Å²) in [4.78, 5) is 0.0105. The van der Waals surface area contributed by atoms with Gasteiger partial charge in [-0.3, -0.25) is 0 Å². The summed E-state index contributed by atoms with van der Waals surface area (Å²) in [6, 6.07) is 0. The summed E-state index contributed by atoms with van der Waals surface area (Å²) in [5, 5.41) is 0. The predicted octanol–water partition coefficient (Wildman–Crippen LogP) is -0.152. The maximum absolute atomic E-state index is 11.2. The fourth-order valence-electron chi connectivity index (χ4n) is 1.16. The molecule has 0 bridgehead atoms. The van der Waals surface area contributed by atoms with Crippen molar-refractivity contribution in [1.82, 2.24) is 4.72 Å². The molecule has 76 valence electrons. The van der Waals surface area contributed by atoms with E-state index in [1.807, 2.05) is 0 Å². The molecular formula is C7H14N2O2S2. The molecule has 6 heteroatoms. The first kappa shape index (κ1) is 10.9. The Hall–Kier alpha value is -0.200. The summed E-state index contributed by atoms with van der Waals surface area (Å²) < 4.78 is 24.9. The topological polar surface area (TPSA) is 72.2 Å². The average molecular weight is 222 g/mol. The van der Waals surface area contributed by atoms with Crippen LogP contribution >= 0.6 is 12.2 Å². The van der Waals surface area contributed by atoms with Gasteiger partial charge in [-0.05, 0) is 18.3 Å². The molecule has 1 fully saturated rings. The van der Waals surface area contributed by atoms with E-state index in [0.717, 1.165) is 6.42 Å². The molecule has 0 aliphatic heterocycles. The molecular weight excluding hydrogens is 208 g/mol. The number of sulfonamides is 1. The number of rotatable bonds is 5. The van der Waals surface area contributed by atoms with Crippen LogP contribution in [-0.4, -0.2) is 25.7 Å². The normalized spacial score (nSPS) is 27.2. The summed E-state index contributed by atoms with van der Waals surface area (Å²) in [6.45, 7) is 2.62.